The van der Waals surface area contributed by atoms with Crippen molar-refractivity contribution in [1.29, 1.82) is 0 Å². The molecule has 5 rings (SSSR count). The van der Waals surface area contributed by atoms with Gasteiger partial charge in [0.05, 0.1) is 5.39 Å². The zero-order chi connectivity index (χ0) is 22.9. The molecule has 2 aromatic heterocycles. The molecule has 0 aromatic carbocycles. The molecule has 180 valence electrons. The topological polar surface area (TPSA) is 61.4 Å². The summed E-state index contributed by atoms with van der Waals surface area (Å²) in [5.74, 6) is 3.20. The van der Waals surface area contributed by atoms with Crippen molar-refractivity contribution in [3.8, 4) is 0 Å². The third-order valence-electron chi connectivity index (χ3n) is 8.01. The van der Waals surface area contributed by atoms with Crippen molar-refractivity contribution in [2.45, 2.75) is 90.5 Å². The van der Waals surface area contributed by atoms with Crippen LogP contribution in [0.5, 0.6) is 0 Å². The van der Waals surface area contributed by atoms with Crippen LogP contribution in [0.4, 0.5) is 10.6 Å². The highest BCUT2D eigenvalue weighted by Gasteiger charge is 2.29. The third-order valence-corrected chi connectivity index (χ3v) is 9.15. The highest BCUT2D eigenvalue weighted by atomic mass is 32.1. The first-order valence-corrected chi connectivity index (χ1v) is 14.0. The summed E-state index contributed by atoms with van der Waals surface area (Å²) in [6.07, 6.45) is 10.7. The number of anilines is 1. The number of hydrogen-bond acceptors (Lipinski definition) is 5. The fourth-order valence-electron chi connectivity index (χ4n) is 5.61. The van der Waals surface area contributed by atoms with Crippen LogP contribution in [0.25, 0.3) is 10.2 Å². The van der Waals surface area contributed by atoms with E-state index < -0.39 is 0 Å². The molecule has 0 radical (unpaired) electrons. The summed E-state index contributed by atoms with van der Waals surface area (Å²) in [7, 11) is 0. The molecule has 7 heteroatoms. The van der Waals surface area contributed by atoms with Crippen LogP contribution in [0.3, 0.4) is 0 Å². The molecule has 3 heterocycles. The summed E-state index contributed by atoms with van der Waals surface area (Å²) >= 11 is 1.90. The molecule has 2 aromatic rings. The molecule has 1 saturated heterocycles. The Morgan fingerprint density at radius 2 is 1.88 bits per heavy atom. The molecule has 2 amide bonds. The van der Waals surface area contributed by atoms with Gasteiger partial charge in [-0.1, -0.05) is 40.0 Å². The summed E-state index contributed by atoms with van der Waals surface area (Å²) in [4.78, 5) is 30.2. The highest BCUT2D eigenvalue weighted by Crippen LogP contribution is 2.42. The zero-order valence-corrected chi connectivity index (χ0v) is 21.3. The first kappa shape index (κ1) is 22.9. The first-order chi connectivity index (χ1) is 16.0. The van der Waals surface area contributed by atoms with Gasteiger partial charge >= 0.3 is 6.03 Å². The first-order valence-electron chi connectivity index (χ1n) is 13.2. The number of carbonyl (C=O) groups excluding carboxylic acids is 1. The van der Waals surface area contributed by atoms with E-state index in [1.807, 2.05) is 16.2 Å². The number of amides is 2. The van der Waals surface area contributed by atoms with Crippen LogP contribution in [-0.4, -0.2) is 53.1 Å². The van der Waals surface area contributed by atoms with Gasteiger partial charge in [0, 0.05) is 43.0 Å². The molecule has 0 bridgehead atoms. The van der Waals surface area contributed by atoms with Crippen LogP contribution in [0, 0.1) is 5.92 Å². The van der Waals surface area contributed by atoms with Gasteiger partial charge < -0.3 is 15.1 Å². The van der Waals surface area contributed by atoms with E-state index in [1.165, 1.54) is 52.8 Å². The number of aromatic nitrogens is 2. The van der Waals surface area contributed by atoms with E-state index in [4.69, 9.17) is 9.97 Å². The van der Waals surface area contributed by atoms with Gasteiger partial charge in [-0.3, -0.25) is 0 Å². The van der Waals surface area contributed by atoms with Gasteiger partial charge in [-0.15, -0.1) is 11.3 Å². The van der Waals surface area contributed by atoms with Gasteiger partial charge in [-0.25, -0.2) is 14.8 Å². The molecule has 0 spiro atoms. The number of nitrogens with one attached hydrogen (secondary N) is 1. The SMILES string of the molecule is CC[C@@H](C)c1nc(N2CCN(C(=O)NC3CCCCC3)CC2)c2c3c(sc2n1)C[C@@H](C)CC3. The van der Waals surface area contributed by atoms with Gasteiger partial charge in [0.1, 0.15) is 16.5 Å². The number of rotatable bonds is 4. The molecule has 2 atom stereocenters. The molecular weight excluding hydrogens is 430 g/mol. The lowest BCUT2D eigenvalue weighted by molar-refractivity contribution is 0.186. The summed E-state index contributed by atoms with van der Waals surface area (Å²) in [5, 5.41) is 4.59. The lowest BCUT2D eigenvalue weighted by Gasteiger charge is -2.37. The minimum absolute atomic E-state index is 0.122. The molecule has 1 N–H and O–H groups in total. The number of aryl methyl sites for hydroxylation is 1. The van der Waals surface area contributed by atoms with Crippen LogP contribution in [0.1, 0.15) is 87.9 Å². The summed E-state index contributed by atoms with van der Waals surface area (Å²) in [6.45, 7) is 9.99. The molecule has 6 nitrogen and oxygen atoms in total. The van der Waals surface area contributed by atoms with Gasteiger partial charge in [0.15, 0.2) is 0 Å². The number of nitrogens with zero attached hydrogens (tertiary/aromatic N) is 4. The predicted octanol–water partition coefficient (Wildman–Crippen LogP) is 5.49. The maximum absolute atomic E-state index is 12.9. The number of urea groups is 1. The van der Waals surface area contributed by atoms with Gasteiger partial charge in [-0.05, 0) is 50.0 Å². The molecular formula is C26H39N5OS. The molecule has 2 fully saturated rings. The normalized spacial score (nSPS) is 22.9. The van der Waals surface area contributed by atoms with E-state index in [0.717, 1.165) is 69.4 Å². The smallest absolute Gasteiger partial charge is 0.317 e. The van der Waals surface area contributed by atoms with Crippen molar-refractivity contribution in [2.24, 2.45) is 5.92 Å². The Labute approximate surface area is 202 Å². The van der Waals surface area contributed by atoms with Crippen molar-refractivity contribution in [1.82, 2.24) is 20.2 Å². The molecule has 3 aliphatic rings. The Morgan fingerprint density at radius 1 is 1.12 bits per heavy atom. The Kier molecular flexibility index (Phi) is 6.77. The minimum atomic E-state index is 0.122. The Hall–Kier alpha value is -1.89. The van der Waals surface area contributed by atoms with Crippen LogP contribution in [0.2, 0.25) is 0 Å². The average molecular weight is 470 g/mol. The standard InChI is InChI=1S/C26H39N5OS/c1-4-18(3)23-28-24(22-20-11-10-17(2)16-21(20)33-25(22)29-23)30-12-14-31(15-13-30)26(32)27-19-8-6-5-7-9-19/h17-19H,4-16H2,1-3H3,(H,27,32)/t17-,18+/m0/s1. The number of piperazine rings is 1. The highest BCUT2D eigenvalue weighted by molar-refractivity contribution is 7.19. The van der Waals surface area contributed by atoms with E-state index in [-0.39, 0.29) is 6.03 Å². The van der Waals surface area contributed by atoms with Crippen LogP contribution < -0.4 is 10.2 Å². The second-order valence-electron chi connectivity index (χ2n) is 10.5. The molecule has 1 saturated carbocycles. The van der Waals surface area contributed by atoms with Crippen molar-refractivity contribution >= 4 is 33.4 Å². The fourth-order valence-corrected chi connectivity index (χ4v) is 6.99. The maximum Gasteiger partial charge on any atom is 0.317 e. The van der Waals surface area contributed by atoms with Crippen molar-refractivity contribution < 1.29 is 4.79 Å². The summed E-state index contributed by atoms with van der Waals surface area (Å²) < 4.78 is 0. The van der Waals surface area contributed by atoms with Crippen molar-refractivity contribution in [2.75, 3.05) is 31.1 Å². The summed E-state index contributed by atoms with van der Waals surface area (Å²) in [6, 6.07) is 0.486. The quantitative estimate of drug-likeness (QED) is 0.643. The zero-order valence-electron chi connectivity index (χ0n) is 20.5. The van der Waals surface area contributed by atoms with E-state index in [2.05, 4.69) is 31.0 Å². The van der Waals surface area contributed by atoms with Gasteiger partial charge in [0.25, 0.3) is 0 Å². The van der Waals surface area contributed by atoms with Crippen LogP contribution >= 0.6 is 11.3 Å². The molecule has 0 unspecified atom stereocenters. The molecule has 1 aliphatic heterocycles. The second-order valence-corrected chi connectivity index (χ2v) is 11.6. The lowest BCUT2D eigenvalue weighted by atomic mass is 9.89. The van der Waals surface area contributed by atoms with Crippen LogP contribution in [0.15, 0.2) is 0 Å². The second kappa shape index (κ2) is 9.77. The third kappa shape index (κ3) is 4.71. The largest absolute Gasteiger partial charge is 0.352 e. The maximum atomic E-state index is 12.9. The minimum Gasteiger partial charge on any atom is -0.352 e. The van der Waals surface area contributed by atoms with E-state index in [0.29, 0.717) is 12.0 Å². The average Bonchev–Trinajstić information content (AvgIpc) is 3.21. The number of fused-ring (bicyclic) bond motifs is 3. The van der Waals surface area contributed by atoms with E-state index in [1.54, 1.807) is 0 Å². The Balaban J connectivity index is 1.37. The number of hydrogen-bond donors (Lipinski definition) is 1. The van der Waals surface area contributed by atoms with Crippen molar-refractivity contribution in [3.05, 3.63) is 16.3 Å². The Bertz CT molecular complexity index is 990. The van der Waals surface area contributed by atoms with Gasteiger partial charge in [0.2, 0.25) is 0 Å². The van der Waals surface area contributed by atoms with Crippen LogP contribution in [-0.2, 0) is 12.8 Å². The predicted molar refractivity (Wildman–Crippen MR) is 137 cm³/mol. The molecule has 33 heavy (non-hydrogen) atoms. The van der Waals surface area contributed by atoms with Crippen molar-refractivity contribution in [3.63, 3.8) is 0 Å². The monoisotopic (exact) mass is 469 g/mol. The molecule has 2 aliphatic carbocycles. The fraction of sp³-hybridized carbons (Fsp3) is 0.731. The number of carbonyl (C=O) groups is 1. The Morgan fingerprint density at radius 3 is 2.61 bits per heavy atom. The van der Waals surface area contributed by atoms with E-state index in [9.17, 15) is 4.79 Å². The van der Waals surface area contributed by atoms with E-state index >= 15 is 0 Å². The summed E-state index contributed by atoms with van der Waals surface area (Å²) in [5.41, 5.74) is 1.50. The van der Waals surface area contributed by atoms with Gasteiger partial charge in [-0.2, -0.15) is 0 Å². The lowest BCUT2D eigenvalue weighted by Crippen LogP contribution is -2.54. The number of thiophene rings is 1.